The number of fused-ring (bicyclic) bond motifs is 6. The maximum Gasteiger partial charge on any atom is 0.0703 e. The van der Waals surface area contributed by atoms with Crippen molar-refractivity contribution in [2.24, 2.45) is 0 Å². The van der Waals surface area contributed by atoms with E-state index < -0.39 is 0 Å². The maximum absolute atomic E-state index is 4.87. The van der Waals surface area contributed by atoms with Gasteiger partial charge in [-0.25, -0.2) is 0 Å². The van der Waals surface area contributed by atoms with Crippen LogP contribution in [-0.4, -0.2) is 14.1 Å². The first-order chi connectivity index (χ1) is 24.8. The standard InChI is InChI=1S/C47H31N3/c1-3-12-32(13-4-1)36-22-25-43(48-31-36)35-14-11-17-38(28-35)50-45-21-10-8-19-40(45)42-30-34(24-27-47(42)50)33-23-26-46-41(29-33)39-18-7-9-20-44(39)49(46)37-15-5-2-6-16-37/h1-31H. The summed E-state index contributed by atoms with van der Waals surface area (Å²) in [7, 11) is 0. The summed E-state index contributed by atoms with van der Waals surface area (Å²) in [5.74, 6) is 0. The molecule has 0 saturated carbocycles. The summed E-state index contributed by atoms with van der Waals surface area (Å²) in [5.41, 5.74) is 13.8. The average molecular weight is 638 g/mol. The Bertz CT molecular complexity index is 2840. The third-order valence-corrected chi connectivity index (χ3v) is 9.96. The lowest BCUT2D eigenvalue weighted by molar-refractivity contribution is 1.18. The van der Waals surface area contributed by atoms with Crippen molar-refractivity contribution in [3.8, 4) is 44.9 Å². The van der Waals surface area contributed by atoms with Crippen LogP contribution in [0.2, 0.25) is 0 Å². The minimum atomic E-state index is 0.957. The normalized spacial score (nSPS) is 11.6. The van der Waals surface area contributed by atoms with Gasteiger partial charge in [-0.1, -0.05) is 115 Å². The minimum absolute atomic E-state index is 0.957. The number of hydrogen-bond acceptors (Lipinski definition) is 1. The van der Waals surface area contributed by atoms with E-state index in [1.165, 1.54) is 66.0 Å². The molecule has 0 radical (unpaired) electrons. The number of rotatable bonds is 5. The summed E-state index contributed by atoms with van der Waals surface area (Å²) >= 11 is 0. The molecule has 0 aliphatic carbocycles. The number of benzene rings is 7. The molecule has 3 heterocycles. The molecule has 0 amide bonds. The Morgan fingerprint density at radius 1 is 0.300 bits per heavy atom. The van der Waals surface area contributed by atoms with Gasteiger partial charge in [-0.3, -0.25) is 4.98 Å². The Morgan fingerprint density at radius 3 is 1.42 bits per heavy atom. The van der Waals surface area contributed by atoms with Gasteiger partial charge >= 0.3 is 0 Å². The molecule has 0 atom stereocenters. The zero-order chi connectivity index (χ0) is 33.0. The molecule has 234 valence electrons. The second-order valence-electron chi connectivity index (χ2n) is 12.9. The van der Waals surface area contributed by atoms with E-state index in [-0.39, 0.29) is 0 Å². The predicted octanol–water partition coefficient (Wildman–Crippen LogP) is 12.3. The Morgan fingerprint density at radius 2 is 0.800 bits per heavy atom. The number of pyridine rings is 1. The number of hydrogen-bond donors (Lipinski definition) is 0. The highest BCUT2D eigenvalue weighted by Crippen LogP contribution is 2.38. The van der Waals surface area contributed by atoms with Gasteiger partial charge in [0.05, 0.1) is 27.8 Å². The van der Waals surface area contributed by atoms with Crippen LogP contribution in [0.5, 0.6) is 0 Å². The van der Waals surface area contributed by atoms with E-state index in [4.69, 9.17) is 4.98 Å². The summed E-state index contributed by atoms with van der Waals surface area (Å²) in [5, 5.41) is 4.99. The second kappa shape index (κ2) is 11.5. The first kappa shape index (κ1) is 28.3. The minimum Gasteiger partial charge on any atom is -0.309 e. The van der Waals surface area contributed by atoms with Gasteiger partial charge in [-0.2, -0.15) is 0 Å². The maximum atomic E-state index is 4.87. The smallest absolute Gasteiger partial charge is 0.0703 e. The van der Waals surface area contributed by atoms with Crippen LogP contribution in [0, 0.1) is 0 Å². The topological polar surface area (TPSA) is 22.8 Å². The van der Waals surface area contributed by atoms with Crippen molar-refractivity contribution in [2.75, 3.05) is 0 Å². The average Bonchev–Trinajstić information content (AvgIpc) is 3.71. The molecule has 0 saturated heterocycles. The van der Waals surface area contributed by atoms with Crippen molar-refractivity contribution in [1.82, 2.24) is 14.1 Å². The number of para-hydroxylation sites is 3. The van der Waals surface area contributed by atoms with Crippen molar-refractivity contribution in [2.45, 2.75) is 0 Å². The lowest BCUT2D eigenvalue weighted by Gasteiger charge is -2.11. The number of nitrogens with zero attached hydrogens (tertiary/aromatic N) is 3. The van der Waals surface area contributed by atoms with Crippen molar-refractivity contribution in [1.29, 1.82) is 0 Å². The summed E-state index contributed by atoms with van der Waals surface area (Å²) in [6, 6.07) is 65.3. The van der Waals surface area contributed by atoms with Gasteiger partial charge in [0.15, 0.2) is 0 Å². The van der Waals surface area contributed by atoms with Crippen LogP contribution in [0.15, 0.2) is 188 Å². The van der Waals surface area contributed by atoms with Gasteiger partial charge in [0.2, 0.25) is 0 Å². The van der Waals surface area contributed by atoms with Crippen molar-refractivity contribution in [3.63, 3.8) is 0 Å². The summed E-state index contributed by atoms with van der Waals surface area (Å²) in [6.45, 7) is 0. The molecular weight excluding hydrogens is 607 g/mol. The Labute approximate surface area is 290 Å². The summed E-state index contributed by atoms with van der Waals surface area (Å²) in [4.78, 5) is 4.87. The molecule has 0 aliphatic rings. The third-order valence-electron chi connectivity index (χ3n) is 9.96. The second-order valence-corrected chi connectivity index (χ2v) is 12.9. The molecule has 3 nitrogen and oxygen atoms in total. The molecule has 3 aromatic heterocycles. The van der Waals surface area contributed by atoms with Crippen LogP contribution in [0.4, 0.5) is 0 Å². The van der Waals surface area contributed by atoms with E-state index in [2.05, 4.69) is 185 Å². The Kier molecular flexibility index (Phi) is 6.49. The molecular formula is C47H31N3. The Hall–Kier alpha value is -6.71. The number of aromatic nitrogens is 3. The van der Waals surface area contributed by atoms with Gasteiger partial charge in [0, 0.05) is 50.2 Å². The van der Waals surface area contributed by atoms with E-state index in [0.29, 0.717) is 0 Å². The molecule has 50 heavy (non-hydrogen) atoms. The largest absolute Gasteiger partial charge is 0.309 e. The fraction of sp³-hybridized carbons (Fsp3) is 0. The first-order valence-electron chi connectivity index (χ1n) is 17.0. The van der Waals surface area contributed by atoms with Crippen LogP contribution in [0.3, 0.4) is 0 Å². The van der Waals surface area contributed by atoms with Crippen LogP contribution in [-0.2, 0) is 0 Å². The molecule has 3 heteroatoms. The van der Waals surface area contributed by atoms with Crippen molar-refractivity contribution >= 4 is 43.6 Å². The molecule has 10 rings (SSSR count). The predicted molar refractivity (Wildman–Crippen MR) is 209 cm³/mol. The zero-order valence-corrected chi connectivity index (χ0v) is 27.2. The van der Waals surface area contributed by atoms with E-state index in [1.54, 1.807) is 0 Å². The highest BCUT2D eigenvalue weighted by Gasteiger charge is 2.16. The molecule has 7 aromatic carbocycles. The lowest BCUT2D eigenvalue weighted by atomic mass is 10.0. The monoisotopic (exact) mass is 637 g/mol. The van der Waals surface area contributed by atoms with Gasteiger partial charge in [0.25, 0.3) is 0 Å². The zero-order valence-electron chi connectivity index (χ0n) is 27.2. The highest BCUT2D eigenvalue weighted by atomic mass is 15.0. The van der Waals surface area contributed by atoms with E-state index in [1.807, 2.05) is 12.3 Å². The highest BCUT2D eigenvalue weighted by molar-refractivity contribution is 6.12. The van der Waals surface area contributed by atoms with Gasteiger partial charge in [-0.05, 0) is 83.4 Å². The molecule has 0 bridgehead atoms. The molecule has 0 fully saturated rings. The fourth-order valence-corrected chi connectivity index (χ4v) is 7.61. The SMILES string of the molecule is c1ccc(-c2ccc(-c3cccc(-n4c5ccccc5c5cc(-c6ccc7c(c6)c6ccccc6n7-c6ccccc6)ccc54)c3)nc2)cc1. The van der Waals surface area contributed by atoms with Gasteiger partial charge in [-0.15, -0.1) is 0 Å². The van der Waals surface area contributed by atoms with E-state index in [9.17, 15) is 0 Å². The Balaban J connectivity index is 1.08. The molecule has 0 N–H and O–H groups in total. The molecule has 0 aliphatic heterocycles. The van der Waals surface area contributed by atoms with Crippen LogP contribution in [0.25, 0.3) is 88.5 Å². The van der Waals surface area contributed by atoms with Crippen LogP contribution >= 0.6 is 0 Å². The summed E-state index contributed by atoms with van der Waals surface area (Å²) < 4.78 is 4.75. The summed E-state index contributed by atoms with van der Waals surface area (Å²) in [6.07, 6.45) is 1.97. The van der Waals surface area contributed by atoms with Crippen molar-refractivity contribution in [3.05, 3.63) is 188 Å². The van der Waals surface area contributed by atoms with E-state index >= 15 is 0 Å². The van der Waals surface area contributed by atoms with E-state index in [0.717, 1.165) is 22.5 Å². The molecule has 0 unspecified atom stereocenters. The lowest BCUT2D eigenvalue weighted by Crippen LogP contribution is -1.95. The van der Waals surface area contributed by atoms with Gasteiger partial charge in [0.1, 0.15) is 0 Å². The molecule has 10 aromatic rings. The van der Waals surface area contributed by atoms with Crippen LogP contribution < -0.4 is 0 Å². The third kappa shape index (κ3) is 4.56. The van der Waals surface area contributed by atoms with Crippen molar-refractivity contribution < 1.29 is 0 Å². The quantitative estimate of drug-likeness (QED) is 0.184. The fourth-order valence-electron chi connectivity index (χ4n) is 7.61. The van der Waals surface area contributed by atoms with Crippen LogP contribution in [0.1, 0.15) is 0 Å². The van der Waals surface area contributed by atoms with Gasteiger partial charge < -0.3 is 9.13 Å². The molecule has 0 spiro atoms. The first-order valence-corrected chi connectivity index (χ1v) is 17.0.